The Hall–Kier alpha value is -2.36. The molecular weight excluding hydrogens is 262 g/mol. The molecule has 1 heterocycles. The van der Waals surface area contributed by atoms with E-state index in [-0.39, 0.29) is 17.9 Å². The molecule has 1 unspecified atom stereocenters. The summed E-state index contributed by atoms with van der Waals surface area (Å²) in [7, 11) is 0. The summed E-state index contributed by atoms with van der Waals surface area (Å²) in [5.41, 5.74) is 2.89. The monoisotopic (exact) mass is 283 g/mol. The first-order chi connectivity index (χ1) is 10.1. The molecule has 21 heavy (non-hydrogen) atoms. The van der Waals surface area contributed by atoms with Crippen LogP contribution in [-0.4, -0.2) is 10.9 Å². The van der Waals surface area contributed by atoms with Gasteiger partial charge in [-0.15, -0.1) is 0 Å². The molecular formula is C17H21N3O. The van der Waals surface area contributed by atoms with Gasteiger partial charge in [-0.1, -0.05) is 26.0 Å². The molecule has 4 heteroatoms. The summed E-state index contributed by atoms with van der Waals surface area (Å²) in [6.07, 6.45) is 3.61. The fourth-order valence-electron chi connectivity index (χ4n) is 1.94. The van der Waals surface area contributed by atoms with E-state index in [2.05, 4.69) is 22.5 Å². The zero-order chi connectivity index (χ0) is 15.2. The van der Waals surface area contributed by atoms with Crippen molar-refractivity contribution < 1.29 is 4.79 Å². The summed E-state index contributed by atoms with van der Waals surface area (Å²) in [5, 5.41) is 6.31. The molecule has 1 aromatic carbocycles. The zero-order valence-electron chi connectivity index (χ0n) is 12.6. The second-order valence-electron chi connectivity index (χ2n) is 5.38. The van der Waals surface area contributed by atoms with Crippen molar-refractivity contribution in [3.05, 3.63) is 54.4 Å². The van der Waals surface area contributed by atoms with Gasteiger partial charge in [0, 0.05) is 29.7 Å². The Labute approximate surface area is 125 Å². The molecule has 0 bridgehead atoms. The van der Waals surface area contributed by atoms with E-state index in [4.69, 9.17) is 0 Å². The standard InChI is InChI=1S/C17H21N3O/c1-12(2)17(21)20-16-8-4-7-15(10-16)19-13(3)14-6-5-9-18-11-14/h4-13,19H,1-3H3,(H,20,21). The minimum atomic E-state index is -0.0315. The summed E-state index contributed by atoms with van der Waals surface area (Å²) >= 11 is 0. The van der Waals surface area contributed by atoms with Gasteiger partial charge in [-0.2, -0.15) is 0 Å². The maximum absolute atomic E-state index is 11.7. The molecule has 0 aliphatic heterocycles. The number of anilines is 2. The van der Waals surface area contributed by atoms with Crippen molar-refractivity contribution in [3.8, 4) is 0 Å². The topological polar surface area (TPSA) is 54.0 Å². The second-order valence-corrected chi connectivity index (χ2v) is 5.38. The van der Waals surface area contributed by atoms with E-state index in [9.17, 15) is 4.79 Å². The lowest BCUT2D eigenvalue weighted by molar-refractivity contribution is -0.118. The first-order valence-corrected chi connectivity index (χ1v) is 7.13. The van der Waals surface area contributed by atoms with Crippen LogP contribution in [0, 0.1) is 5.92 Å². The molecule has 0 aliphatic carbocycles. The Morgan fingerprint density at radius 2 is 1.86 bits per heavy atom. The molecule has 0 fully saturated rings. The maximum atomic E-state index is 11.7. The second kappa shape index (κ2) is 6.88. The predicted octanol–water partition coefficient (Wildman–Crippen LogP) is 3.85. The van der Waals surface area contributed by atoms with E-state index in [1.54, 1.807) is 6.20 Å². The van der Waals surface area contributed by atoms with Gasteiger partial charge >= 0.3 is 0 Å². The third kappa shape index (κ3) is 4.31. The van der Waals surface area contributed by atoms with E-state index >= 15 is 0 Å². The van der Waals surface area contributed by atoms with Gasteiger partial charge in [0.15, 0.2) is 0 Å². The number of carbonyl (C=O) groups excluding carboxylic acids is 1. The number of aromatic nitrogens is 1. The van der Waals surface area contributed by atoms with Crippen LogP contribution in [0.5, 0.6) is 0 Å². The SMILES string of the molecule is CC(C)C(=O)Nc1cccc(NC(C)c2cccnc2)c1. The van der Waals surface area contributed by atoms with Gasteiger partial charge in [0.1, 0.15) is 0 Å². The van der Waals surface area contributed by atoms with Crippen LogP contribution in [0.15, 0.2) is 48.8 Å². The van der Waals surface area contributed by atoms with Crippen LogP contribution in [0.2, 0.25) is 0 Å². The highest BCUT2D eigenvalue weighted by atomic mass is 16.1. The van der Waals surface area contributed by atoms with Crippen LogP contribution in [0.4, 0.5) is 11.4 Å². The minimum absolute atomic E-state index is 0.0208. The van der Waals surface area contributed by atoms with Crippen molar-refractivity contribution in [2.75, 3.05) is 10.6 Å². The molecule has 0 saturated heterocycles. The normalized spacial score (nSPS) is 12.0. The van der Waals surface area contributed by atoms with Crippen LogP contribution < -0.4 is 10.6 Å². The van der Waals surface area contributed by atoms with Crippen LogP contribution in [-0.2, 0) is 4.79 Å². The van der Waals surface area contributed by atoms with E-state index in [1.165, 1.54) is 0 Å². The molecule has 0 aliphatic rings. The molecule has 1 amide bonds. The van der Waals surface area contributed by atoms with E-state index in [0.29, 0.717) is 0 Å². The number of amides is 1. The van der Waals surface area contributed by atoms with E-state index in [1.807, 2.05) is 56.4 Å². The Morgan fingerprint density at radius 3 is 2.52 bits per heavy atom. The molecule has 2 aromatic rings. The highest BCUT2D eigenvalue weighted by Crippen LogP contribution is 2.21. The van der Waals surface area contributed by atoms with Crippen molar-refractivity contribution >= 4 is 17.3 Å². The highest BCUT2D eigenvalue weighted by molar-refractivity contribution is 5.92. The molecule has 110 valence electrons. The Bertz CT molecular complexity index is 596. The summed E-state index contributed by atoms with van der Waals surface area (Å²) in [6.45, 7) is 5.83. The molecule has 0 saturated carbocycles. The molecule has 2 rings (SSSR count). The summed E-state index contributed by atoms with van der Waals surface area (Å²) in [5.74, 6) is -0.0108. The third-order valence-corrected chi connectivity index (χ3v) is 3.22. The lowest BCUT2D eigenvalue weighted by atomic mass is 10.1. The van der Waals surface area contributed by atoms with Crippen molar-refractivity contribution in [1.29, 1.82) is 0 Å². The van der Waals surface area contributed by atoms with Crippen molar-refractivity contribution in [1.82, 2.24) is 4.98 Å². The van der Waals surface area contributed by atoms with Gasteiger partial charge in [-0.05, 0) is 36.8 Å². The summed E-state index contributed by atoms with van der Waals surface area (Å²) in [6, 6.07) is 11.8. The van der Waals surface area contributed by atoms with Crippen molar-refractivity contribution in [3.63, 3.8) is 0 Å². The number of nitrogens with zero attached hydrogens (tertiary/aromatic N) is 1. The van der Waals surface area contributed by atoms with Gasteiger partial charge in [0.2, 0.25) is 5.91 Å². The molecule has 0 radical (unpaired) electrons. The molecule has 4 nitrogen and oxygen atoms in total. The Balaban J connectivity index is 2.06. The first kappa shape index (κ1) is 15.0. The lowest BCUT2D eigenvalue weighted by Crippen LogP contribution is -2.17. The molecule has 1 aromatic heterocycles. The van der Waals surface area contributed by atoms with Gasteiger partial charge in [0.25, 0.3) is 0 Å². The Morgan fingerprint density at radius 1 is 1.10 bits per heavy atom. The fraction of sp³-hybridized carbons (Fsp3) is 0.294. The number of hydrogen-bond donors (Lipinski definition) is 2. The maximum Gasteiger partial charge on any atom is 0.226 e. The average Bonchev–Trinajstić information content (AvgIpc) is 2.48. The van der Waals surface area contributed by atoms with Gasteiger partial charge in [0.05, 0.1) is 6.04 Å². The Kier molecular flexibility index (Phi) is 4.93. The van der Waals surface area contributed by atoms with Crippen molar-refractivity contribution in [2.24, 2.45) is 5.92 Å². The van der Waals surface area contributed by atoms with Gasteiger partial charge in [-0.25, -0.2) is 0 Å². The number of carbonyl (C=O) groups is 1. The summed E-state index contributed by atoms with van der Waals surface area (Å²) < 4.78 is 0. The highest BCUT2D eigenvalue weighted by Gasteiger charge is 2.08. The quantitative estimate of drug-likeness (QED) is 0.876. The third-order valence-electron chi connectivity index (χ3n) is 3.22. The number of nitrogens with one attached hydrogen (secondary N) is 2. The van der Waals surface area contributed by atoms with Gasteiger partial charge in [-0.3, -0.25) is 9.78 Å². The van der Waals surface area contributed by atoms with E-state index in [0.717, 1.165) is 16.9 Å². The molecule has 2 N–H and O–H groups in total. The molecule has 1 atom stereocenters. The van der Waals surface area contributed by atoms with Crippen LogP contribution >= 0.6 is 0 Å². The predicted molar refractivity (Wildman–Crippen MR) is 86.2 cm³/mol. The van der Waals surface area contributed by atoms with Gasteiger partial charge < -0.3 is 10.6 Å². The number of pyridine rings is 1. The fourth-order valence-corrected chi connectivity index (χ4v) is 1.94. The van der Waals surface area contributed by atoms with Crippen LogP contribution in [0.25, 0.3) is 0 Å². The largest absolute Gasteiger partial charge is 0.378 e. The number of rotatable bonds is 5. The van der Waals surface area contributed by atoms with Crippen LogP contribution in [0.1, 0.15) is 32.4 Å². The zero-order valence-corrected chi connectivity index (χ0v) is 12.6. The van der Waals surface area contributed by atoms with E-state index < -0.39 is 0 Å². The lowest BCUT2D eigenvalue weighted by Gasteiger charge is -2.16. The number of benzene rings is 1. The van der Waals surface area contributed by atoms with Crippen molar-refractivity contribution in [2.45, 2.75) is 26.8 Å². The van der Waals surface area contributed by atoms with Crippen LogP contribution in [0.3, 0.4) is 0 Å². The smallest absolute Gasteiger partial charge is 0.226 e. The summed E-state index contributed by atoms with van der Waals surface area (Å²) in [4.78, 5) is 15.9. The first-order valence-electron chi connectivity index (χ1n) is 7.13. The number of hydrogen-bond acceptors (Lipinski definition) is 3. The minimum Gasteiger partial charge on any atom is -0.378 e. The molecule has 0 spiro atoms. The average molecular weight is 283 g/mol.